The third-order valence-electron chi connectivity index (χ3n) is 9.20. The van der Waals surface area contributed by atoms with Crippen LogP contribution < -0.4 is 27.2 Å². The first-order valence-electron chi connectivity index (χ1n) is 16.2. The molecule has 0 radical (unpaired) electrons. The van der Waals surface area contributed by atoms with E-state index >= 15 is 17.6 Å². The van der Waals surface area contributed by atoms with E-state index in [2.05, 4.69) is 67.7 Å². The van der Waals surface area contributed by atoms with Gasteiger partial charge in [0.15, 0.2) is 23.3 Å². The number of halogens is 12. The van der Waals surface area contributed by atoms with Crippen LogP contribution in [0.25, 0.3) is 0 Å². The van der Waals surface area contributed by atoms with Crippen LogP contribution in [-0.2, 0) is 13.1 Å². The van der Waals surface area contributed by atoms with Gasteiger partial charge in [-0.3, -0.25) is 0 Å². The van der Waals surface area contributed by atoms with Gasteiger partial charge in [0.1, 0.15) is 65.8 Å². The molecule has 14 heteroatoms. The highest BCUT2D eigenvalue weighted by molar-refractivity contribution is 7.20. The monoisotopic (exact) mass is 761 g/mol. The molecule has 0 aliphatic carbocycles. The van der Waals surface area contributed by atoms with E-state index in [1.54, 1.807) is 0 Å². The predicted octanol–water partition coefficient (Wildman–Crippen LogP) is 7.30. The Morgan fingerprint density at radius 1 is 0.389 bits per heavy atom. The Balaban J connectivity index is 0.000000274. The molecule has 0 bridgehead atoms. The minimum absolute atomic E-state index is 0.0227. The standard InChI is InChI=1S/C24H8BF12.C16H19N/c26-9-1-13(21(34)17(30)5-9)25(14-2-10(27)6-18(31)22(14)35,15-3-11(28)7-19(32)23(15)36)16-4-12(29)8-20(33)24(16)37;1-13-7-3-5-9-15(13)11-17-12-16-10-6-4-8-14(16)2/h1-8H;3-10,17H,11-12H2,1-2H3/q-1;/p+1. The molecule has 280 valence electrons. The van der Waals surface area contributed by atoms with Crippen molar-refractivity contribution >= 4 is 28.0 Å². The molecule has 0 aromatic heterocycles. The maximum Gasteiger partial charge on any atom is 0.158 e. The third-order valence-corrected chi connectivity index (χ3v) is 9.20. The van der Waals surface area contributed by atoms with E-state index in [1.807, 2.05) is 0 Å². The average molecular weight is 761 g/mol. The zero-order chi connectivity index (χ0) is 39.5. The summed E-state index contributed by atoms with van der Waals surface area (Å²) >= 11 is 0. The van der Waals surface area contributed by atoms with Crippen molar-refractivity contribution in [1.82, 2.24) is 0 Å². The number of hydrogen-bond acceptors (Lipinski definition) is 0. The highest BCUT2D eigenvalue weighted by atomic mass is 19.2. The molecule has 0 saturated carbocycles. The van der Waals surface area contributed by atoms with Crippen LogP contribution in [0.2, 0.25) is 0 Å². The normalized spacial score (nSPS) is 11.4. The van der Waals surface area contributed by atoms with Gasteiger partial charge in [0.05, 0.1) is 0 Å². The van der Waals surface area contributed by atoms with Crippen LogP contribution in [0.1, 0.15) is 22.3 Å². The highest BCUT2D eigenvalue weighted by Crippen LogP contribution is 2.23. The summed E-state index contributed by atoms with van der Waals surface area (Å²) in [5, 5.41) is 2.37. The number of quaternary nitrogens is 1. The second kappa shape index (κ2) is 16.3. The minimum Gasteiger partial charge on any atom is -0.339 e. The third kappa shape index (κ3) is 7.89. The summed E-state index contributed by atoms with van der Waals surface area (Å²) in [6, 6.07) is 16.8. The first-order valence-corrected chi connectivity index (χ1v) is 16.2. The average Bonchev–Trinajstić information content (AvgIpc) is 3.11. The van der Waals surface area contributed by atoms with Gasteiger partial charge in [-0.2, -0.15) is 21.9 Å². The molecule has 6 rings (SSSR count). The zero-order valence-electron chi connectivity index (χ0n) is 28.3. The number of rotatable bonds is 8. The molecule has 2 N–H and O–H groups in total. The Morgan fingerprint density at radius 3 is 0.907 bits per heavy atom. The first-order chi connectivity index (χ1) is 25.6. The summed E-state index contributed by atoms with van der Waals surface area (Å²) in [7, 11) is 0. The Labute approximate surface area is 301 Å². The minimum atomic E-state index is -4.89. The van der Waals surface area contributed by atoms with Crippen LogP contribution in [0.15, 0.2) is 97.1 Å². The Kier molecular flexibility index (Phi) is 12.0. The Morgan fingerprint density at radius 2 is 0.648 bits per heavy atom. The van der Waals surface area contributed by atoms with Crippen molar-refractivity contribution in [2.75, 3.05) is 0 Å². The van der Waals surface area contributed by atoms with Gasteiger partial charge in [-0.1, -0.05) is 72.8 Å². The van der Waals surface area contributed by atoms with Crippen molar-refractivity contribution in [3.05, 3.63) is 189 Å². The number of benzene rings is 6. The molecule has 54 heavy (non-hydrogen) atoms. The lowest BCUT2D eigenvalue weighted by molar-refractivity contribution is -0.686. The van der Waals surface area contributed by atoms with Crippen molar-refractivity contribution in [2.45, 2.75) is 26.9 Å². The summed E-state index contributed by atoms with van der Waals surface area (Å²) < 4.78 is 176. The van der Waals surface area contributed by atoms with Gasteiger partial charge in [0.25, 0.3) is 0 Å². The molecule has 0 aliphatic rings. The molecule has 0 amide bonds. The van der Waals surface area contributed by atoms with E-state index < -0.39 is 97.8 Å². The summed E-state index contributed by atoms with van der Waals surface area (Å²) in [6.07, 6.45) is -4.89. The number of nitrogens with two attached hydrogens (primary N) is 1. The van der Waals surface area contributed by atoms with Crippen LogP contribution in [-0.4, -0.2) is 6.15 Å². The lowest BCUT2D eigenvalue weighted by Gasteiger charge is -2.44. The fraction of sp³-hybridized carbons (Fsp3) is 0.100. The molecule has 0 heterocycles. The summed E-state index contributed by atoms with van der Waals surface area (Å²) in [4.78, 5) is 0. The Bertz CT molecular complexity index is 2070. The molecule has 0 saturated heterocycles. The van der Waals surface area contributed by atoms with E-state index in [4.69, 9.17) is 0 Å². The molecular formula is C40H28BF12N. The van der Waals surface area contributed by atoms with Crippen molar-refractivity contribution < 1.29 is 58.0 Å². The summed E-state index contributed by atoms with van der Waals surface area (Å²) in [6.45, 7) is 6.47. The fourth-order valence-electron chi connectivity index (χ4n) is 6.63. The maximum atomic E-state index is 15.3. The van der Waals surface area contributed by atoms with E-state index in [1.165, 1.54) is 22.3 Å². The molecule has 0 atom stereocenters. The van der Waals surface area contributed by atoms with Gasteiger partial charge in [-0.15, -0.1) is 0 Å². The van der Waals surface area contributed by atoms with E-state index in [0.717, 1.165) is 13.1 Å². The lowest BCUT2D eigenvalue weighted by Crippen LogP contribution is -2.80. The van der Waals surface area contributed by atoms with Crippen LogP contribution >= 0.6 is 0 Å². The quantitative estimate of drug-likeness (QED) is 0.0954. The second-order valence-corrected chi connectivity index (χ2v) is 12.6. The van der Waals surface area contributed by atoms with Crippen LogP contribution in [0.4, 0.5) is 52.7 Å². The van der Waals surface area contributed by atoms with Crippen molar-refractivity contribution in [2.24, 2.45) is 0 Å². The molecule has 6 aromatic rings. The van der Waals surface area contributed by atoms with Crippen molar-refractivity contribution in [3.8, 4) is 0 Å². The number of aryl methyl sites for hydroxylation is 2. The molecule has 1 nitrogen and oxygen atoms in total. The summed E-state index contributed by atoms with van der Waals surface area (Å²) in [5.74, 6) is -24.2. The molecule has 0 fully saturated rings. The van der Waals surface area contributed by atoms with Gasteiger partial charge in [0, 0.05) is 35.4 Å². The van der Waals surface area contributed by atoms with E-state index in [0.29, 0.717) is 0 Å². The molecule has 0 aliphatic heterocycles. The molecular weight excluding hydrogens is 733 g/mol. The van der Waals surface area contributed by atoms with Crippen molar-refractivity contribution in [1.29, 1.82) is 0 Å². The van der Waals surface area contributed by atoms with Crippen LogP contribution in [0.3, 0.4) is 0 Å². The van der Waals surface area contributed by atoms with Gasteiger partial charge in [-0.05, 0) is 25.0 Å². The van der Waals surface area contributed by atoms with E-state index in [9.17, 15) is 35.1 Å². The maximum absolute atomic E-state index is 15.3. The van der Waals surface area contributed by atoms with Gasteiger partial charge >= 0.3 is 0 Å². The van der Waals surface area contributed by atoms with E-state index in [-0.39, 0.29) is 48.5 Å². The molecule has 6 aromatic carbocycles. The highest BCUT2D eigenvalue weighted by Gasteiger charge is 2.43. The van der Waals surface area contributed by atoms with Crippen LogP contribution in [0.5, 0.6) is 0 Å². The smallest absolute Gasteiger partial charge is 0.158 e. The van der Waals surface area contributed by atoms with Gasteiger partial charge in [0.2, 0.25) is 0 Å². The van der Waals surface area contributed by atoms with Gasteiger partial charge in [-0.25, -0.2) is 52.7 Å². The zero-order valence-corrected chi connectivity index (χ0v) is 28.3. The van der Waals surface area contributed by atoms with Crippen molar-refractivity contribution in [3.63, 3.8) is 0 Å². The number of hydrogen-bond donors (Lipinski definition) is 1. The summed E-state index contributed by atoms with van der Waals surface area (Å²) in [5.41, 5.74) is -1.06. The molecule has 0 unspecified atom stereocenters. The lowest BCUT2D eigenvalue weighted by atomic mass is 9.12. The Hall–Kier alpha value is -5.50. The topological polar surface area (TPSA) is 16.6 Å². The predicted molar refractivity (Wildman–Crippen MR) is 181 cm³/mol. The second-order valence-electron chi connectivity index (χ2n) is 12.6. The largest absolute Gasteiger partial charge is 0.339 e. The fourth-order valence-corrected chi connectivity index (χ4v) is 6.63. The molecule has 0 spiro atoms. The van der Waals surface area contributed by atoms with Crippen LogP contribution in [0, 0.1) is 83.7 Å². The van der Waals surface area contributed by atoms with Gasteiger partial charge < -0.3 is 5.32 Å². The SMILES string of the molecule is Cc1ccccc1C[NH2+]Cc1ccccc1C.Fc1cc(F)c(F)c([B-](c2cc(F)cc(F)c2F)(c2cc(F)cc(F)c2F)c2cc(F)cc(F)c2F)c1. The first kappa shape index (κ1) is 39.7.